The molecule has 2 rings (SSSR count). The summed E-state index contributed by atoms with van der Waals surface area (Å²) in [5.74, 6) is 0.806. The molecule has 0 saturated carbocycles. The van der Waals surface area contributed by atoms with Gasteiger partial charge in [0.1, 0.15) is 17.5 Å². The van der Waals surface area contributed by atoms with Crippen molar-refractivity contribution in [2.75, 3.05) is 25.2 Å². The fraction of sp³-hybridized carbons (Fsp3) is 0.267. The van der Waals surface area contributed by atoms with Crippen LogP contribution in [0.15, 0.2) is 12.1 Å². The van der Waals surface area contributed by atoms with E-state index in [9.17, 15) is 5.26 Å². The molecule has 4 N–H and O–H groups in total. The molecule has 0 unspecified atom stereocenters. The van der Waals surface area contributed by atoms with Gasteiger partial charge in [-0.1, -0.05) is 18.5 Å². The number of hydrogen-bond donors (Lipinski definition) is 2. The third kappa shape index (κ3) is 3.38. The van der Waals surface area contributed by atoms with E-state index in [2.05, 4.69) is 9.97 Å². The Kier molecular flexibility index (Phi) is 5.09. The molecule has 0 aliphatic rings. The molecule has 0 aliphatic carbocycles. The second-order valence-electron chi connectivity index (χ2n) is 4.64. The van der Waals surface area contributed by atoms with Gasteiger partial charge in [-0.25, -0.2) is 4.98 Å². The summed E-state index contributed by atoms with van der Waals surface area (Å²) in [5.41, 5.74) is 12.3. The smallest absolute Gasteiger partial charge is 0.222 e. The Morgan fingerprint density at radius 2 is 2.04 bits per heavy atom. The zero-order valence-corrected chi connectivity index (χ0v) is 13.5. The SMILES string of the molecule is CCCOc1c(OC)cc(Cl)cc1-c1nc(N)nc(N)c1C#N. The molecule has 2 aromatic rings. The van der Waals surface area contributed by atoms with Crippen LogP contribution in [-0.4, -0.2) is 23.7 Å². The molecule has 0 atom stereocenters. The Hall–Kier alpha value is -2.72. The van der Waals surface area contributed by atoms with Crippen molar-refractivity contribution in [2.45, 2.75) is 13.3 Å². The van der Waals surface area contributed by atoms with Gasteiger partial charge in [-0.2, -0.15) is 10.2 Å². The maximum Gasteiger partial charge on any atom is 0.222 e. The average molecular weight is 334 g/mol. The van der Waals surface area contributed by atoms with Gasteiger partial charge < -0.3 is 20.9 Å². The second-order valence-corrected chi connectivity index (χ2v) is 5.07. The maximum atomic E-state index is 9.36. The van der Waals surface area contributed by atoms with Gasteiger partial charge in [0.2, 0.25) is 5.95 Å². The van der Waals surface area contributed by atoms with Crippen LogP contribution in [0.3, 0.4) is 0 Å². The molecule has 0 spiro atoms. The fourth-order valence-corrected chi connectivity index (χ4v) is 2.26. The Bertz CT molecular complexity index is 773. The van der Waals surface area contributed by atoms with Crippen LogP contribution in [0, 0.1) is 11.3 Å². The number of rotatable bonds is 5. The lowest BCUT2D eigenvalue weighted by molar-refractivity contribution is 0.295. The zero-order chi connectivity index (χ0) is 17.0. The Morgan fingerprint density at radius 3 is 2.65 bits per heavy atom. The Balaban J connectivity index is 2.77. The fourth-order valence-electron chi connectivity index (χ4n) is 2.05. The molecule has 0 aliphatic heterocycles. The van der Waals surface area contributed by atoms with E-state index in [4.69, 9.17) is 32.5 Å². The van der Waals surface area contributed by atoms with Crippen LogP contribution in [0.1, 0.15) is 18.9 Å². The molecule has 120 valence electrons. The van der Waals surface area contributed by atoms with Gasteiger partial charge in [0.05, 0.1) is 19.4 Å². The van der Waals surface area contributed by atoms with Crippen molar-refractivity contribution < 1.29 is 9.47 Å². The summed E-state index contributed by atoms with van der Waals surface area (Å²) in [6, 6.07) is 5.23. The normalized spacial score (nSPS) is 10.2. The molecule has 1 aromatic heterocycles. The highest BCUT2D eigenvalue weighted by atomic mass is 35.5. The van der Waals surface area contributed by atoms with Gasteiger partial charge in [-0.05, 0) is 12.5 Å². The Labute approximate surface area is 138 Å². The number of aromatic nitrogens is 2. The topological polar surface area (TPSA) is 120 Å². The number of ether oxygens (including phenoxy) is 2. The van der Waals surface area contributed by atoms with Crippen molar-refractivity contribution in [3.05, 3.63) is 22.7 Å². The minimum Gasteiger partial charge on any atom is -0.493 e. The van der Waals surface area contributed by atoms with Gasteiger partial charge >= 0.3 is 0 Å². The first-order valence-corrected chi connectivity index (χ1v) is 7.23. The van der Waals surface area contributed by atoms with E-state index >= 15 is 0 Å². The third-order valence-electron chi connectivity index (χ3n) is 3.01. The standard InChI is InChI=1S/C15H16ClN5O2/c1-3-4-23-13-9(5-8(16)6-11(13)22-2)12-10(7-17)14(18)21-15(19)20-12/h5-6H,3-4H2,1-2H3,(H4,18,19,20,21). The number of hydrogen-bond acceptors (Lipinski definition) is 7. The molecule has 0 bridgehead atoms. The van der Waals surface area contributed by atoms with E-state index in [0.29, 0.717) is 28.7 Å². The second kappa shape index (κ2) is 7.03. The van der Waals surface area contributed by atoms with Crippen molar-refractivity contribution in [3.8, 4) is 28.8 Å². The number of nitrogen functional groups attached to an aromatic ring is 2. The quantitative estimate of drug-likeness (QED) is 0.862. The summed E-state index contributed by atoms with van der Waals surface area (Å²) >= 11 is 6.14. The molecule has 7 nitrogen and oxygen atoms in total. The van der Waals surface area contributed by atoms with Gasteiger partial charge in [-0.15, -0.1) is 0 Å². The number of anilines is 2. The highest BCUT2D eigenvalue weighted by molar-refractivity contribution is 6.31. The minimum absolute atomic E-state index is 0.00427. The summed E-state index contributed by atoms with van der Waals surface area (Å²) < 4.78 is 11.1. The van der Waals surface area contributed by atoms with E-state index in [0.717, 1.165) is 6.42 Å². The first kappa shape index (κ1) is 16.6. The van der Waals surface area contributed by atoms with Gasteiger partial charge in [0.15, 0.2) is 11.5 Å². The number of nitriles is 1. The summed E-state index contributed by atoms with van der Waals surface area (Å²) in [6.07, 6.45) is 0.796. The largest absolute Gasteiger partial charge is 0.493 e. The molecular weight excluding hydrogens is 318 g/mol. The summed E-state index contributed by atoms with van der Waals surface area (Å²) in [7, 11) is 1.50. The van der Waals surface area contributed by atoms with E-state index in [-0.39, 0.29) is 23.0 Å². The van der Waals surface area contributed by atoms with Crippen LogP contribution >= 0.6 is 11.6 Å². The number of nitrogens with zero attached hydrogens (tertiary/aromatic N) is 3. The maximum absolute atomic E-state index is 9.36. The molecule has 0 radical (unpaired) electrons. The van der Waals surface area contributed by atoms with Crippen LogP contribution in [0.4, 0.5) is 11.8 Å². The molecule has 0 fully saturated rings. The predicted octanol–water partition coefficient (Wildman–Crippen LogP) is 2.63. The molecule has 1 aromatic carbocycles. The number of benzene rings is 1. The number of halogens is 1. The molecule has 8 heteroatoms. The van der Waals surface area contributed by atoms with Crippen molar-refractivity contribution in [3.63, 3.8) is 0 Å². The molecule has 1 heterocycles. The van der Waals surface area contributed by atoms with Crippen molar-refractivity contribution in [1.82, 2.24) is 9.97 Å². The first-order chi connectivity index (χ1) is 11.0. The van der Waals surface area contributed by atoms with E-state index in [1.807, 2.05) is 13.0 Å². The van der Waals surface area contributed by atoms with Crippen LogP contribution in [0.5, 0.6) is 11.5 Å². The third-order valence-corrected chi connectivity index (χ3v) is 3.23. The van der Waals surface area contributed by atoms with Crippen molar-refractivity contribution in [2.24, 2.45) is 0 Å². The molecular formula is C15H16ClN5O2. The summed E-state index contributed by atoms with van der Waals surface area (Å²) in [4.78, 5) is 7.93. The van der Waals surface area contributed by atoms with E-state index in [1.165, 1.54) is 7.11 Å². The van der Waals surface area contributed by atoms with Crippen molar-refractivity contribution >= 4 is 23.4 Å². The monoisotopic (exact) mass is 333 g/mol. The molecule has 0 amide bonds. The van der Waals surface area contributed by atoms with Crippen LogP contribution in [-0.2, 0) is 0 Å². The summed E-state index contributed by atoms with van der Waals surface area (Å²) in [6.45, 7) is 2.44. The zero-order valence-electron chi connectivity index (χ0n) is 12.8. The van der Waals surface area contributed by atoms with Gasteiger partial charge in [0.25, 0.3) is 0 Å². The number of methoxy groups -OCH3 is 1. The predicted molar refractivity (Wildman–Crippen MR) is 88.4 cm³/mol. The van der Waals surface area contributed by atoms with E-state index in [1.54, 1.807) is 12.1 Å². The average Bonchev–Trinajstić information content (AvgIpc) is 2.52. The van der Waals surface area contributed by atoms with Crippen LogP contribution in [0.25, 0.3) is 11.3 Å². The highest BCUT2D eigenvalue weighted by Gasteiger charge is 2.21. The molecule has 0 saturated heterocycles. The summed E-state index contributed by atoms with van der Waals surface area (Å²) in [5, 5.41) is 9.76. The minimum atomic E-state index is -0.0446. The van der Waals surface area contributed by atoms with Gasteiger partial charge in [0, 0.05) is 16.7 Å². The Morgan fingerprint density at radius 1 is 1.30 bits per heavy atom. The lowest BCUT2D eigenvalue weighted by atomic mass is 10.1. The molecule has 23 heavy (non-hydrogen) atoms. The van der Waals surface area contributed by atoms with Gasteiger partial charge in [-0.3, -0.25) is 0 Å². The van der Waals surface area contributed by atoms with Crippen molar-refractivity contribution in [1.29, 1.82) is 5.26 Å². The first-order valence-electron chi connectivity index (χ1n) is 6.85. The van der Waals surface area contributed by atoms with Crippen LogP contribution < -0.4 is 20.9 Å². The van der Waals surface area contributed by atoms with Crippen LogP contribution in [0.2, 0.25) is 5.02 Å². The lowest BCUT2D eigenvalue weighted by Crippen LogP contribution is -2.07. The lowest BCUT2D eigenvalue weighted by Gasteiger charge is -2.16. The number of nitrogens with two attached hydrogens (primary N) is 2. The highest BCUT2D eigenvalue weighted by Crippen LogP contribution is 2.42. The van der Waals surface area contributed by atoms with E-state index < -0.39 is 0 Å².